The highest BCUT2D eigenvalue weighted by Crippen LogP contribution is 2.15. The molecule has 0 spiro atoms. The third kappa shape index (κ3) is 6.16. The second-order valence-corrected chi connectivity index (χ2v) is 4.41. The highest BCUT2D eigenvalue weighted by atomic mass is 16.6. The Morgan fingerprint density at radius 1 is 1.35 bits per heavy atom. The highest BCUT2D eigenvalue weighted by molar-refractivity contribution is 5.89. The van der Waals surface area contributed by atoms with Gasteiger partial charge in [0.25, 0.3) is 0 Å². The second kappa shape index (κ2) is 9.18. The van der Waals surface area contributed by atoms with Crippen LogP contribution in [0, 0.1) is 11.3 Å². The van der Waals surface area contributed by atoms with Crippen molar-refractivity contribution >= 4 is 11.9 Å². The minimum atomic E-state index is -0.931. The Balaban J connectivity index is 2.83. The van der Waals surface area contributed by atoms with Crippen LogP contribution in [0.5, 0.6) is 0 Å². The fourth-order valence-corrected chi connectivity index (χ4v) is 1.61. The van der Waals surface area contributed by atoms with Gasteiger partial charge in [-0.1, -0.05) is 24.3 Å². The van der Waals surface area contributed by atoms with E-state index in [0.29, 0.717) is 11.1 Å². The van der Waals surface area contributed by atoms with Crippen molar-refractivity contribution in [2.24, 2.45) is 0 Å². The minimum absolute atomic E-state index is 0.148. The number of hydrogen-bond donors (Lipinski definition) is 1. The van der Waals surface area contributed by atoms with Gasteiger partial charge in [-0.3, -0.25) is 4.79 Å². The molecule has 0 bridgehead atoms. The van der Waals surface area contributed by atoms with E-state index in [9.17, 15) is 14.7 Å². The lowest BCUT2D eigenvalue weighted by Crippen LogP contribution is -2.12. The molecule has 0 fully saturated rings. The fraction of sp³-hybridized carbons (Fsp3) is 0.235. The molecule has 0 aromatic heterocycles. The molecule has 0 radical (unpaired) electrons. The van der Waals surface area contributed by atoms with Gasteiger partial charge in [-0.2, -0.15) is 5.26 Å². The Hall–Kier alpha value is -2.91. The van der Waals surface area contributed by atoms with Gasteiger partial charge in [0.05, 0.1) is 24.3 Å². The second-order valence-electron chi connectivity index (χ2n) is 4.41. The van der Waals surface area contributed by atoms with Crippen LogP contribution in [0.2, 0.25) is 0 Å². The van der Waals surface area contributed by atoms with Gasteiger partial charge in [0, 0.05) is 6.92 Å². The summed E-state index contributed by atoms with van der Waals surface area (Å²) < 4.78 is 9.52. The largest absolute Gasteiger partial charge is 0.460 e. The van der Waals surface area contributed by atoms with Crippen LogP contribution in [0.4, 0.5) is 0 Å². The summed E-state index contributed by atoms with van der Waals surface area (Å²) in [4.78, 5) is 22.6. The smallest absolute Gasteiger partial charge is 0.374 e. The molecular weight excluding hydrogens is 298 g/mol. The van der Waals surface area contributed by atoms with Crippen LogP contribution in [0.3, 0.4) is 0 Å². The van der Waals surface area contributed by atoms with E-state index in [0.717, 1.165) is 0 Å². The molecule has 0 saturated carbocycles. The Labute approximate surface area is 134 Å². The molecule has 1 rings (SSSR count). The maximum absolute atomic E-state index is 11.6. The summed E-state index contributed by atoms with van der Waals surface area (Å²) in [6.45, 7) is 2.95. The number of nitrogens with zero attached hydrogens (tertiary/aromatic N) is 1. The summed E-state index contributed by atoms with van der Waals surface area (Å²) in [6.07, 6.45) is 3.11. The van der Waals surface area contributed by atoms with E-state index < -0.39 is 18.0 Å². The predicted octanol–water partition coefficient (Wildman–Crippen LogP) is 2.16. The number of carbonyl (C=O) groups is 2. The minimum Gasteiger partial charge on any atom is -0.460 e. The number of hydrogen-bond acceptors (Lipinski definition) is 6. The van der Waals surface area contributed by atoms with Gasteiger partial charge in [-0.05, 0) is 30.7 Å². The molecule has 0 amide bonds. The van der Waals surface area contributed by atoms with Crippen LogP contribution in [-0.2, 0) is 19.1 Å². The monoisotopic (exact) mass is 315 g/mol. The number of benzene rings is 1. The summed E-state index contributed by atoms with van der Waals surface area (Å²) >= 11 is 0. The number of aliphatic hydroxyl groups excluding tert-OH is 1. The average Bonchev–Trinajstić information content (AvgIpc) is 2.53. The van der Waals surface area contributed by atoms with Crippen LogP contribution in [-0.4, -0.2) is 23.7 Å². The van der Waals surface area contributed by atoms with Gasteiger partial charge in [0.15, 0.2) is 0 Å². The van der Waals surface area contributed by atoms with E-state index in [1.165, 1.54) is 25.2 Å². The highest BCUT2D eigenvalue weighted by Gasteiger charge is 2.13. The zero-order valence-electron chi connectivity index (χ0n) is 12.9. The number of allylic oxidation sites excluding steroid dienone is 2. The van der Waals surface area contributed by atoms with Crippen molar-refractivity contribution in [3.8, 4) is 6.07 Å². The summed E-state index contributed by atoms with van der Waals surface area (Å²) in [6, 6.07) is 8.40. The Morgan fingerprint density at radius 2 is 2.00 bits per heavy atom. The molecule has 0 aliphatic rings. The number of ether oxygens (including phenoxy) is 2. The van der Waals surface area contributed by atoms with E-state index >= 15 is 0 Å². The number of aliphatic hydroxyl groups is 1. The van der Waals surface area contributed by atoms with Crippen molar-refractivity contribution in [3.05, 3.63) is 59.4 Å². The molecule has 120 valence electrons. The quantitative estimate of drug-likeness (QED) is 0.374. The van der Waals surface area contributed by atoms with Crippen molar-refractivity contribution in [2.45, 2.75) is 20.0 Å². The van der Waals surface area contributed by atoms with E-state index in [1.807, 2.05) is 6.07 Å². The molecular formula is C17H17NO5. The first-order chi connectivity index (χ1) is 11.0. The van der Waals surface area contributed by atoms with Crippen LogP contribution < -0.4 is 0 Å². The zero-order chi connectivity index (χ0) is 17.2. The van der Waals surface area contributed by atoms with Crippen LogP contribution in [0.15, 0.2) is 48.3 Å². The predicted molar refractivity (Wildman–Crippen MR) is 81.7 cm³/mol. The van der Waals surface area contributed by atoms with E-state index in [4.69, 9.17) is 14.7 Å². The molecule has 1 unspecified atom stereocenters. The molecule has 1 atom stereocenters. The van der Waals surface area contributed by atoms with Crippen molar-refractivity contribution in [1.29, 1.82) is 5.26 Å². The maximum Gasteiger partial charge on any atom is 0.374 e. The van der Waals surface area contributed by atoms with E-state index in [2.05, 4.69) is 0 Å². The summed E-state index contributed by atoms with van der Waals surface area (Å²) in [5.74, 6) is -1.67. The fourth-order valence-electron chi connectivity index (χ4n) is 1.61. The molecule has 0 saturated heterocycles. The molecule has 1 aromatic rings. The Bertz CT molecular complexity index is 653. The van der Waals surface area contributed by atoms with Gasteiger partial charge in [0.2, 0.25) is 5.76 Å². The third-order valence-electron chi connectivity index (χ3n) is 2.65. The molecule has 1 aromatic carbocycles. The molecule has 0 aliphatic heterocycles. The molecule has 1 N–H and O–H groups in total. The van der Waals surface area contributed by atoms with E-state index in [1.54, 1.807) is 31.2 Å². The van der Waals surface area contributed by atoms with Gasteiger partial charge in [-0.25, -0.2) is 4.79 Å². The first-order valence-electron chi connectivity index (χ1n) is 6.90. The Kier molecular flexibility index (Phi) is 7.24. The lowest BCUT2D eigenvalue weighted by atomic mass is 10.1. The first kappa shape index (κ1) is 18.1. The van der Waals surface area contributed by atoms with Crippen molar-refractivity contribution in [1.82, 2.24) is 0 Å². The Morgan fingerprint density at radius 3 is 2.52 bits per heavy atom. The first-order valence-corrected chi connectivity index (χ1v) is 6.90. The number of rotatable bonds is 6. The maximum atomic E-state index is 11.6. The van der Waals surface area contributed by atoms with Gasteiger partial charge in [-0.15, -0.1) is 0 Å². The summed E-state index contributed by atoms with van der Waals surface area (Å²) in [5.41, 5.74) is 1.07. The molecule has 6 heteroatoms. The summed E-state index contributed by atoms with van der Waals surface area (Å²) in [7, 11) is 0. The zero-order valence-corrected chi connectivity index (χ0v) is 12.9. The van der Waals surface area contributed by atoms with E-state index in [-0.39, 0.29) is 12.4 Å². The number of nitriles is 1. The molecule has 0 heterocycles. The number of esters is 2. The van der Waals surface area contributed by atoms with Crippen LogP contribution in [0.1, 0.15) is 31.1 Å². The van der Waals surface area contributed by atoms with Gasteiger partial charge < -0.3 is 14.6 Å². The van der Waals surface area contributed by atoms with Crippen LogP contribution >= 0.6 is 0 Å². The summed E-state index contributed by atoms with van der Waals surface area (Å²) in [5, 5.41) is 18.7. The molecule has 6 nitrogen and oxygen atoms in total. The standard InChI is InChI=1S/C17H17NO5/c1-3-22-17(21)16(23-12(2)19)6-4-5-15(20)14-9-7-13(11-18)8-10-14/h4-10,15,20H,3H2,1-2H3/b5-4+,16-6-. The van der Waals surface area contributed by atoms with Crippen molar-refractivity contribution in [3.63, 3.8) is 0 Å². The lowest BCUT2D eigenvalue weighted by Gasteiger charge is -2.06. The molecule has 0 aliphatic carbocycles. The lowest BCUT2D eigenvalue weighted by molar-refractivity contribution is -0.150. The van der Waals surface area contributed by atoms with Gasteiger partial charge in [0.1, 0.15) is 0 Å². The van der Waals surface area contributed by atoms with Gasteiger partial charge >= 0.3 is 11.9 Å². The SMILES string of the molecule is CCOC(=O)/C(=C/C=C/C(O)c1ccc(C#N)cc1)OC(C)=O. The van der Waals surface area contributed by atoms with Crippen molar-refractivity contribution in [2.75, 3.05) is 6.61 Å². The molecule has 23 heavy (non-hydrogen) atoms. The topological polar surface area (TPSA) is 96.6 Å². The third-order valence-corrected chi connectivity index (χ3v) is 2.65. The van der Waals surface area contributed by atoms with Crippen molar-refractivity contribution < 1.29 is 24.2 Å². The number of carbonyl (C=O) groups excluding carboxylic acids is 2. The average molecular weight is 315 g/mol. The normalized spacial score (nSPS) is 12.5. The van der Waals surface area contributed by atoms with Crippen LogP contribution in [0.25, 0.3) is 0 Å².